The molecule has 0 radical (unpaired) electrons. The summed E-state index contributed by atoms with van der Waals surface area (Å²) in [6.45, 7) is 8.75. The first-order valence-corrected chi connectivity index (χ1v) is 6.38. The summed E-state index contributed by atoms with van der Waals surface area (Å²) < 4.78 is 0. The SMILES string of the molecule is C=CC(C(C)CC)C1CCC2CC2C1. The van der Waals surface area contributed by atoms with Crippen molar-refractivity contribution in [3.63, 3.8) is 0 Å². The van der Waals surface area contributed by atoms with Crippen molar-refractivity contribution in [2.24, 2.45) is 29.6 Å². The molecule has 2 fully saturated rings. The van der Waals surface area contributed by atoms with Crippen molar-refractivity contribution in [2.45, 2.75) is 46.0 Å². The van der Waals surface area contributed by atoms with Crippen LogP contribution >= 0.6 is 0 Å². The fourth-order valence-corrected chi connectivity index (χ4v) is 3.40. The Morgan fingerprint density at radius 2 is 2.07 bits per heavy atom. The van der Waals surface area contributed by atoms with Crippen molar-refractivity contribution in [3.8, 4) is 0 Å². The first-order valence-electron chi connectivity index (χ1n) is 6.38. The van der Waals surface area contributed by atoms with Crippen LogP contribution in [0.15, 0.2) is 12.7 Å². The summed E-state index contributed by atoms with van der Waals surface area (Å²) in [6, 6.07) is 0. The molecule has 0 heteroatoms. The van der Waals surface area contributed by atoms with Gasteiger partial charge in [-0.15, -0.1) is 6.58 Å². The molecule has 0 bridgehead atoms. The molecular formula is C14H24. The van der Waals surface area contributed by atoms with Crippen molar-refractivity contribution in [1.29, 1.82) is 0 Å². The molecule has 0 nitrogen and oxygen atoms in total. The number of fused-ring (bicyclic) bond motifs is 1. The fourth-order valence-electron chi connectivity index (χ4n) is 3.40. The lowest BCUT2D eigenvalue weighted by molar-refractivity contribution is 0.219. The van der Waals surface area contributed by atoms with Gasteiger partial charge in [0, 0.05) is 0 Å². The lowest BCUT2D eigenvalue weighted by atomic mass is 9.74. The molecule has 0 aromatic heterocycles. The molecule has 0 aromatic rings. The van der Waals surface area contributed by atoms with Crippen molar-refractivity contribution in [2.75, 3.05) is 0 Å². The Kier molecular flexibility index (Phi) is 2.99. The summed E-state index contributed by atoms with van der Waals surface area (Å²) >= 11 is 0. The maximum Gasteiger partial charge on any atom is -0.0182 e. The van der Waals surface area contributed by atoms with E-state index < -0.39 is 0 Å². The normalized spacial score (nSPS) is 39.7. The van der Waals surface area contributed by atoms with E-state index in [2.05, 4.69) is 26.5 Å². The monoisotopic (exact) mass is 192 g/mol. The molecule has 0 aliphatic heterocycles. The van der Waals surface area contributed by atoms with Crippen LogP contribution in [0.4, 0.5) is 0 Å². The Bertz CT molecular complexity index is 206. The molecule has 2 saturated carbocycles. The number of hydrogen-bond acceptors (Lipinski definition) is 0. The lowest BCUT2D eigenvalue weighted by Crippen LogP contribution is -2.22. The van der Waals surface area contributed by atoms with E-state index in [0.717, 1.165) is 29.6 Å². The maximum absolute atomic E-state index is 4.04. The van der Waals surface area contributed by atoms with Gasteiger partial charge < -0.3 is 0 Å². The highest BCUT2D eigenvalue weighted by Gasteiger charge is 2.43. The standard InChI is InChI=1S/C14H24/c1-4-10(3)14(5-2)12-7-6-11-8-13(11)9-12/h5,10-14H,2,4,6-9H2,1,3H3. The van der Waals surface area contributed by atoms with Gasteiger partial charge >= 0.3 is 0 Å². The summed E-state index contributed by atoms with van der Waals surface area (Å²) in [5.74, 6) is 4.84. The van der Waals surface area contributed by atoms with E-state index in [4.69, 9.17) is 0 Å². The highest BCUT2D eigenvalue weighted by Crippen LogP contribution is 2.53. The highest BCUT2D eigenvalue weighted by molar-refractivity contribution is 4.97. The van der Waals surface area contributed by atoms with Crippen LogP contribution in [0, 0.1) is 29.6 Å². The fraction of sp³-hybridized carbons (Fsp3) is 0.857. The summed E-state index contributed by atoms with van der Waals surface area (Å²) in [5.41, 5.74) is 0. The third kappa shape index (κ3) is 1.89. The van der Waals surface area contributed by atoms with E-state index in [9.17, 15) is 0 Å². The molecule has 0 amide bonds. The van der Waals surface area contributed by atoms with E-state index in [1.165, 1.54) is 25.7 Å². The van der Waals surface area contributed by atoms with Crippen LogP contribution in [0.5, 0.6) is 0 Å². The summed E-state index contributed by atoms with van der Waals surface area (Å²) in [7, 11) is 0. The third-order valence-corrected chi connectivity index (χ3v) is 4.70. The Hall–Kier alpha value is -0.260. The van der Waals surface area contributed by atoms with Gasteiger partial charge in [0.05, 0.1) is 0 Å². The highest BCUT2D eigenvalue weighted by atomic mass is 14.5. The van der Waals surface area contributed by atoms with E-state index in [0.29, 0.717) is 0 Å². The molecule has 14 heavy (non-hydrogen) atoms. The van der Waals surface area contributed by atoms with Crippen LogP contribution in [-0.4, -0.2) is 0 Å². The Morgan fingerprint density at radius 1 is 1.29 bits per heavy atom. The quantitative estimate of drug-likeness (QED) is 0.583. The van der Waals surface area contributed by atoms with Crippen molar-refractivity contribution >= 4 is 0 Å². The van der Waals surface area contributed by atoms with Gasteiger partial charge in [0.1, 0.15) is 0 Å². The van der Waals surface area contributed by atoms with Crippen LogP contribution in [0.25, 0.3) is 0 Å². The predicted molar refractivity (Wildman–Crippen MR) is 62.1 cm³/mol. The molecule has 0 heterocycles. The Labute approximate surface area is 88.8 Å². The second-order valence-corrected chi connectivity index (χ2v) is 5.53. The average Bonchev–Trinajstić information content (AvgIpc) is 2.96. The maximum atomic E-state index is 4.04. The first-order chi connectivity index (χ1) is 6.76. The molecular weight excluding hydrogens is 168 g/mol. The minimum Gasteiger partial charge on any atom is -0.103 e. The van der Waals surface area contributed by atoms with Crippen LogP contribution in [0.3, 0.4) is 0 Å². The summed E-state index contributed by atoms with van der Waals surface area (Å²) in [5, 5.41) is 0. The smallest absolute Gasteiger partial charge is 0.0182 e. The van der Waals surface area contributed by atoms with Gasteiger partial charge in [-0.3, -0.25) is 0 Å². The lowest BCUT2D eigenvalue weighted by Gasteiger charge is -2.31. The molecule has 2 aliphatic carbocycles. The second kappa shape index (κ2) is 4.08. The molecule has 0 saturated heterocycles. The average molecular weight is 192 g/mol. The van der Waals surface area contributed by atoms with Crippen LogP contribution in [-0.2, 0) is 0 Å². The zero-order valence-corrected chi connectivity index (χ0v) is 9.71. The van der Waals surface area contributed by atoms with Crippen LogP contribution in [0.1, 0.15) is 46.0 Å². The minimum atomic E-state index is 0.793. The molecule has 0 spiro atoms. The number of allylic oxidation sites excluding steroid dienone is 1. The molecule has 0 aromatic carbocycles. The van der Waals surface area contributed by atoms with Crippen molar-refractivity contribution < 1.29 is 0 Å². The molecule has 2 rings (SSSR count). The molecule has 2 aliphatic rings. The minimum absolute atomic E-state index is 0.793. The predicted octanol–water partition coefficient (Wildman–Crippen LogP) is 4.27. The third-order valence-electron chi connectivity index (χ3n) is 4.70. The molecule has 5 unspecified atom stereocenters. The van der Waals surface area contributed by atoms with Crippen LogP contribution < -0.4 is 0 Å². The largest absolute Gasteiger partial charge is 0.103 e. The Morgan fingerprint density at radius 3 is 2.64 bits per heavy atom. The topological polar surface area (TPSA) is 0 Å². The molecule has 5 atom stereocenters. The van der Waals surface area contributed by atoms with E-state index >= 15 is 0 Å². The molecule has 0 N–H and O–H groups in total. The van der Waals surface area contributed by atoms with E-state index in [1.807, 2.05) is 0 Å². The van der Waals surface area contributed by atoms with Crippen molar-refractivity contribution in [3.05, 3.63) is 12.7 Å². The van der Waals surface area contributed by atoms with Gasteiger partial charge in [0.15, 0.2) is 0 Å². The van der Waals surface area contributed by atoms with Gasteiger partial charge in [-0.25, -0.2) is 0 Å². The van der Waals surface area contributed by atoms with Crippen molar-refractivity contribution in [1.82, 2.24) is 0 Å². The number of hydrogen-bond donors (Lipinski definition) is 0. The van der Waals surface area contributed by atoms with Gasteiger partial charge in [-0.1, -0.05) is 26.3 Å². The van der Waals surface area contributed by atoms with Gasteiger partial charge in [-0.2, -0.15) is 0 Å². The summed E-state index contributed by atoms with van der Waals surface area (Å²) in [4.78, 5) is 0. The van der Waals surface area contributed by atoms with Crippen LogP contribution in [0.2, 0.25) is 0 Å². The van der Waals surface area contributed by atoms with Gasteiger partial charge in [-0.05, 0) is 55.3 Å². The van der Waals surface area contributed by atoms with Gasteiger partial charge in [0.25, 0.3) is 0 Å². The summed E-state index contributed by atoms with van der Waals surface area (Å²) in [6.07, 6.45) is 9.58. The Balaban J connectivity index is 1.93. The first kappa shape index (κ1) is 10.3. The number of rotatable bonds is 4. The molecule has 80 valence electrons. The zero-order valence-electron chi connectivity index (χ0n) is 9.71. The van der Waals surface area contributed by atoms with Gasteiger partial charge in [0.2, 0.25) is 0 Å². The zero-order chi connectivity index (χ0) is 10.1. The van der Waals surface area contributed by atoms with E-state index in [-0.39, 0.29) is 0 Å². The second-order valence-electron chi connectivity index (χ2n) is 5.53. The van der Waals surface area contributed by atoms with E-state index in [1.54, 1.807) is 6.42 Å².